The van der Waals surface area contributed by atoms with Crippen molar-refractivity contribution in [3.8, 4) is 5.75 Å². The van der Waals surface area contributed by atoms with Crippen LogP contribution in [0.2, 0.25) is 0 Å². The van der Waals surface area contributed by atoms with Crippen LogP contribution in [-0.4, -0.2) is 98.2 Å². The highest BCUT2D eigenvalue weighted by atomic mass is 16.3. The summed E-state index contributed by atoms with van der Waals surface area (Å²) < 4.78 is 0. The third-order valence-corrected chi connectivity index (χ3v) is 14.0. The number of aryl methyl sites for hydroxylation is 1. The molecule has 304 valence electrons. The molecule has 9 heteroatoms. The number of imide groups is 1. The SMILES string of the molecule is O=C1CCC(Nc2ccc(N3CCN(CC4CCN(CC5CCN(c6ccc([C@@H]7c8ccc(O)cc8CC[C@@H]7c7ccccc7)cc6)CC5)CC4)CC3)cc2)C(=O)N1. The van der Waals surface area contributed by atoms with E-state index in [1.54, 1.807) is 0 Å². The number of likely N-dealkylation sites (tertiary alicyclic amines) is 1. The predicted molar refractivity (Wildman–Crippen MR) is 233 cm³/mol. The number of phenolic OH excluding ortho intramolecular Hbond substituents is 1. The van der Waals surface area contributed by atoms with Crippen LogP contribution in [0.4, 0.5) is 17.1 Å². The van der Waals surface area contributed by atoms with Crippen molar-refractivity contribution in [2.75, 3.05) is 80.6 Å². The summed E-state index contributed by atoms with van der Waals surface area (Å²) in [6.07, 6.45) is 8.15. The molecule has 3 atom stereocenters. The second kappa shape index (κ2) is 17.6. The molecule has 0 bridgehead atoms. The number of hydrogen-bond acceptors (Lipinski definition) is 8. The summed E-state index contributed by atoms with van der Waals surface area (Å²) in [5, 5.41) is 15.9. The minimum atomic E-state index is -0.354. The van der Waals surface area contributed by atoms with Gasteiger partial charge in [-0.2, -0.15) is 0 Å². The van der Waals surface area contributed by atoms with Gasteiger partial charge in [0, 0.05) is 81.8 Å². The van der Waals surface area contributed by atoms with E-state index in [0.717, 1.165) is 69.6 Å². The van der Waals surface area contributed by atoms with E-state index >= 15 is 0 Å². The van der Waals surface area contributed by atoms with Gasteiger partial charge in [-0.25, -0.2) is 0 Å². The van der Waals surface area contributed by atoms with E-state index in [4.69, 9.17) is 0 Å². The molecule has 5 aliphatic rings. The lowest BCUT2D eigenvalue weighted by atomic mass is 9.69. The number of nitrogens with zero attached hydrogens (tertiary/aromatic N) is 4. The number of anilines is 3. The maximum Gasteiger partial charge on any atom is 0.249 e. The zero-order valence-corrected chi connectivity index (χ0v) is 33.9. The number of phenols is 1. The van der Waals surface area contributed by atoms with Crippen LogP contribution >= 0.6 is 0 Å². The van der Waals surface area contributed by atoms with Crippen LogP contribution in [0.25, 0.3) is 0 Å². The van der Waals surface area contributed by atoms with Crippen LogP contribution in [0, 0.1) is 11.8 Å². The first-order valence-corrected chi connectivity index (χ1v) is 22.0. The summed E-state index contributed by atoms with van der Waals surface area (Å²) >= 11 is 0. The van der Waals surface area contributed by atoms with Crippen molar-refractivity contribution in [2.45, 2.75) is 69.2 Å². The average Bonchev–Trinajstić information content (AvgIpc) is 3.26. The molecule has 4 aliphatic heterocycles. The maximum atomic E-state index is 12.1. The second-order valence-corrected chi connectivity index (χ2v) is 17.7. The number of carbonyl (C=O) groups is 2. The van der Waals surface area contributed by atoms with Gasteiger partial charge in [-0.15, -0.1) is 0 Å². The molecule has 4 aromatic rings. The van der Waals surface area contributed by atoms with Crippen LogP contribution in [0.1, 0.15) is 79.0 Å². The summed E-state index contributed by atoms with van der Waals surface area (Å²) in [6, 6.07) is 34.5. The fourth-order valence-corrected chi connectivity index (χ4v) is 10.6. The minimum Gasteiger partial charge on any atom is -0.508 e. The highest BCUT2D eigenvalue weighted by Crippen LogP contribution is 2.47. The lowest BCUT2D eigenvalue weighted by Gasteiger charge is -2.41. The molecule has 9 nitrogen and oxygen atoms in total. The van der Waals surface area contributed by atoms with Gasteiger partial charge >= 0.3 is 0 Å². The number of carbonyl (C=O) groups excluding carboxylic acids is 2. The lowest BCUT2D eigenvalue weighted by Crippen LogP contribution is -2.49. The van der Waals surface area contributed by atoms with E-state index < -0.39 is 0 Å². The van der Waals surface area contributed by atoms with Crippen molar-refractivity contribution >= 4 is 28.9 Å². The Bertz CT molecular complexity index is 2000. The average molecular weight is 781 g/mol. The lowest BCUT2D eigenvalue weighted by molar-refractivity contribution is -0.133. The molecule has 0 aromatic heterocycles. The van der Waals surface area contributed by atoms with Crippen LogP contribution in [-0.2, 0) is 16.0 Å². The van der Waals surface area contributed by atoms with E-state index in [1.165, 1.54) is 85.5 Å². The molecule has 4 saturated heterocycles. The number of piperidine rings is 3. The smallest absolute Gasteiger partial charge is 0.249 e. The highest BCUT2D eigenvalue weighted by molar-refractivity contribution is 6.01. The van der Waals surface area contributed by atoms with Crippen molar-refractivity contribution < 1.29 is 14.7 Å². The Kier molecular flexibility index (Phi) is 11.7. The third-order valence-electron chi connectivity index (χ3n) is 14.0. The van der Waals surface area contributed by atoms with Gasteiger partial charge < -0.3 is 25.1 Å². The number of nitrogens with one attached hydrogen (secondary N) is 2. The second-order valence-electron chi connectivity index (χ2n) is 17.7. The fourth-order valence-electron chi connectivity index (χ4n) is 10.6. The molecule has 0 saturated carbocycles. The summed E-state index contributed by atoms with van der Waals surface area (Å²) in [5.41, 5.74) is 8.91. The fraction of sp³-hybridized carbons (Fsp3) is 0.469. The monoisotopic (exact) mass is 780 g/mol. The van der Waals surface area contributed by atoms with Crippen molar-refractivity contribution in [3.05, 3.63) is 119 Å². The first-order valence-electron chi connectivity index (χ1n) is 22.0. The number of benzene rings is 4. The largest absolute Gasteiger partial charge is 0.508 e. The molecule has 4 aromatic carbocycles. The molecule has 9 rings (SSSR count). The Morgan fingerprint density at radius 2 is 1.22 bits per heavy atom. The summed E-state index contributed by atoms with van der Waals surface area (Å²) in [7, 11) is 0. The molecule has 4 heterocycles. The molecule has 3 N–H and O–H groups in total. The molecule has 0 radical (unpaired) electrons. The number of hydrogen-bond donors (Lipinski definition) is 3. The van der Waals surface area contributed by atoms with Gasteiger partial charge in [-0.3, -0.25) is 19.8 Å². The Morgan fingerprint density at radius 1 is 0.603 bits per heavy atom. The van der Waals surface area contributed by atoms with Gasteiger partial charge in [-0.05, 0) is 147 Å². The van der Waals surface area contributed by atoms with Crippen molar-refractivity contribution in [1.82, 2.24) is 15.1 Å². The van der Waals surface area contributed by atoms with Crippen LogP contribution in [0.5, 0.6) is 5.75 Å². The predicted octanol–water partition coefficient (Wildman–Crippen LogP) is 7.22. The normalized spacial score (nSPS) is 24.0. The van der Waals surface area contributed by atoms with Gasteiger partial charge in [0.15, 0.2) is 0 Å². The zero-order chi connectivity index (χ0) is 39.4. The minimum absolute atomic E-state index is 0.187. The molecular formula is C49H60N6O3. The van der Waals surface area contributed by atoms with Crippen LogP contribution in [0.3, 0.4) is 0 Å². The van der Waals surface area contributed by atoms with E-state index in [1.807, 2.05) is 24.3 Å². The number of rotatable bonds is 10. The number of aromatic hydroxyl groups is 1. The quantitative estimate of drug-likeness (QED) is 0.146. The first-order chi connectivity index (χ1) is 28.4. The number of piperazine rings is 1. The van der Waals surface area contributed by atoms with E-state index in [9.17, 15) is 14.7 Å². The van der Waals surface area contributed by atoms with Crippen molar-refractivity contribution in [3.63, 3.8) is 0 Å². The van der Waals surface area contributed by atoms with Crippen molar-refractivity contribution in [2.24, 2.45) is 11.8 Å². The Balaban J connectivity index is 0.701. The number of fused-ring (bicyclic) bond motifs is 1. The van der Waals surface area contributed by atoms with Crippen molar-refractivity contribution in [1.29, 1.82) is 0 Å². The van der Waals surface area contributed by atoms with Gasteiger partial charge in [0.05, 0.1) is 0 Å². The maximum absolute atomic E-state index is 12.1. The molecular weight excluding hydrogens is 721 g/mol. The molecule has 4 fully saturated rings. The van der Waals surface area contributed by atoms with E-state index in [0.29, 0.717) is 24.5 Å². The van der Waals surface area contributed by atoms with Crippen LogP contribution < -0.4 is 20.4 Å². The van der Waals surface area contributed by atoms with E-state index in [-0.39, 0.29) is 23.8 Å². The van der Waals surface area contributed by atoms with Crippen LogP contribution in [0.15, 0.2) is 97.1 Å². The Hall–Kier alpha value is -4.86. The first kappa shape index (κ1) is 38.6. The molecule has 1 aliphatic carbocycles. The summed E-state index contributed by atoms with van der Waals surface area (Å²) in [4.78, 5) is 34.1. The zero-order valence-electron chi connectivity index (χ0n) is 33.9. The Morgan fingerprint density at radius 3 is 1.90 bits per heavy atom. The molecule has 58 heavy (non-hydrogen) atoms. The van der Waals surface area contributed by atoms with Gasteiger partial charge in [0.1, 0.15) is 11.8 Å². The highest BCUT2D eigenvalue weighted by Gasteiger charge is 2.33. The molecule has 1 unspecified atom stereocenters. The van der Waals surface area contributed by atoms with E-state index in [2.05, 4.69) is 103 Å². The van der Waals surface area contributed by atoms with Gasteiger partial charge in [0.2, 0.25) is 11.8 Å². The summed E-state index contributed by atoms with van der Waals surface area (Å²) in [6.45, 7) is 11.5. The Labute approximate surface area is 344 Å². The molecule has 2 amide bonds. The molecule has 0 spiro atoms. The standard InChI is InChI=1S/C49H60N6O3/c56-43-15-17-45-39(32-43)8-16-44(37-4-2-1-3-5-37)48(45)38-6-11-41(12-7-38)54-26-22-36(23-27-54)33-52-24-20-35(21-25-52)34-53-28-30-55(31-29-53)42-13-9-40(10-14-42)50-46-18-19-47(57)51-49(46)58/h1-7,9-15,17,32,35-36,44,46,48,50,56H,8,16,18-31,33-34H2,(H,51,57,58)/t44-,46?,48+/m1/s1. The summed E-state index contributed by atoms with van der Waals surface area (Å²) in [5.74, 6) is 2.23. The number of amides is 2. The third kappa shape index (κ3) is 8.91. The van der Waals surface area contributed by atoms with Gasteiger partial charge in [-0.1, -0.05) is 48.5 Å². The topological polar surface area (TPSA) is 91.4 Å². The van der Waals surface area contributed by atoms with Gasteiger partial charge in [0.25, 0.3) is 0 Å².